The van der Waals surface area contributed by atoms with E-state index in [1.807, 2.05) is 6.07 Å². The van der Waals surface area contributed by atoms with Gasteiger partial charge in [0, 0.05) is 44.8 Å². The lowest BCUT2D eigenvalue weighted by atomic mass is 9.89. The molecular formula is C22H32FN3O2. The summed E-state index contributed by atoms with van der Waals surface area (Å²) < 4.78 is 20.6. The van der Waals surface area contributed by atoms with E-state index in [1.165, 1.54) is 45.3 Å². The number of carbonyl (C=O) groups is 1. The van der Waals surface area contributed by atoms with Crippen LogP contribution >= 0.6 is 0 Å². The van der Waals surface area contributed by atoms with Crippen LogP contribution in [0.15, 0.2) is 18.2 Å². The minimum absolute atomic E-state index is 0.239. The molecule has 2 saturated heterocycles. The minimum Gasteiger partial charge on any atom is -0.375 e. The predicted octanol–water partition coefficient (Wildman–Crippen LogP) is 3.79. The van der Waals surface area contributed by atoms with Gasteiger partial charge in [-0.3, -0.25) is 4.79 Å². The minimum atomic E-state index is -0.385. The number of hydrogen-bond donors (Lipinski definition) is 1. The molecule has 3 aliphatic rings. The fourth-order valence-electron chi connectivity index (χ4n) is 4.64. The quantitative estimate of drug-likeness (QED) is 0.832. The van der Waals surface area contributed by atoms with Crippen LogP contribution in [0.1, 0.15) is 51.9 Å². The van der Waals surface area contributed by atoms with Gasteiger partial charge in [0.2, 0.25) is 5.91 Å². The molecule has 154 valence electrons. The van der Waals surface area contributed by atoms with Gasteiger partial charge in [0.15, 0.2) is 0 Å². The number of hydrogen-bond acceptors (Lipinski definition) is 4. The van der Waals surface area contributed by atoms with Crippen molar-refractivity contribution in [1.29, 1.82) is 0 Å². The highest BCUT2D eigenvalue weighted by atomic mass is 19.1. The van der Waals surface area contributed by atoms with Crippen LogP contribution in [0.5, 0.6) is 0 Å². The summed E-state index contributed by atoms with van der Waals surface area (Å²) in [6.45, 7) is 5.52. The standard InChI is InChI=1S/C22H32FN3O2/c1-16(27)24-22-6-5-18(15-21(22)23)26-13-9-20(10-14-26)28-19-7-11-25(12-8-19)17-3-2-4-17/h5-6,15,17,19-20H,2-4,7-14H2,1H3,(H,24,27). The van der Waals surface area contributed by atoms with Crippen LogP contribution in [0, 0.1) is 5.82 Å². The van der Waals surface area contributed by atoms with Crippen molar-refractivity contribution in [3.05, 3.63) is 24.0 Å². The lowest BCUT2D eigenvalue weighted by Crippen LogP contribution is -2.47. The summed E-state index contributed by atoms with van der Waals surface area (Å²) >= 11 is 0. The Labute approximate surface area is 167 Å². The van der Waals surface area contributed by atoms with E-state index in [4.69, 9.17) is 4.74 Å². The molecule has 0 spiro atoms. The van der Waals surface area contributed by atoms with E-state index in [-0.39, 0.29) is 17.4 Å². The fourth-order valence-corrected chi connectivity index (χ4v) is 4.64. The Kier molecular flexibility index (Phi) is 6.16. The third-order valence-corrected chi connectivity index (χ3v) is 6.52. The first-order chi connectivity index (χ1) is 13.6. The van der Waals surface area contributed by atoms with Crippen LogP contribution in [-0.4, -0.2) is 55.2 Å². The van der Waals surface area contributed by atoms with Gasteiger partial charge in [-0.25, -0.2) is 4.39 Å². The fraction of sp³-hybridized carbons (Fsp3) is 0.682. The number of nitrogens with zero attached hydrogens (tertiary/aromatic N) is 2. The Balaban J connectivity index is 1.22. The van der Waals surface area contributed by atoms with Crippen LogP contribution in [0.4, 0.5) is 15.8 Å². The van der Waals surface area contributed by atoms with E-state index in [2.05, 4.69) is 15.1 Å². The first kappa shape index (κ1) is 19.6. The summed E-state index contributed by atoms with van der Waals surface area (Å²) in [5.74, 6) is -0.646. The maximum absolute atomic E-state index is 14.2. The number of anilines is 2. The number of carbonyl (C=O) groups excluding carboxylic acids is 1. The molecule has 0 unspecified atom stereocenters. The van der Waals surface area contributed by atoms with E-state index in [0.717, 1.165) is 50.5 Å². The lowest BCUT2D eigenvalue weighted by Gasteiger charge is -2.43. The molecule has 28 heavy (non-hydrogen) atoms. The topological polar surface area (TPSA) is 44.8 Å². The van der Waals surface area contributed by atoms with Crippen LogP contribution in [0.2, 0.25) is 0 Å². The van der Waals surface area contributed by atoms with Crippen LogP contribution in [0.3, 0.4) is 0 Å². The third kappa shape index (κ3) is 4.66. The molecule has 0 atom stereocenters. The maximum atomic E-state index is 14.2. The number of likely N-dealkylation sites (tertiary alicyclic amines) is 1. The smallest absolute Gasteiger partial charge is 0.221 e. The van der Waals surface area contributed by atoms with Crippen LogP contribution in [-0.2, 0) is 9.53 Å². The molecule has 0 aromatic heterocycles. The SMILES string of the molecule is CC(=O)Nc1ccc(N2CCC(OC3CCN(C4CCC4)CC3)CC2)cc1F. The molecule has 4 rings (SSSR count). The second-order valence-electron chi connectivity index (χ2n) is 8.49. The Morgan fingerprint density at radius 1 is 1.04 bits per heavy atom. The summed E-state index contributed by atoms with van der Waals surface area (Å²) in [6.07, 6.45) is 9.18. The normalized spacial score (nSPS) is 22.9. The largest absolute Gasteiger partial charge is 0.375 e. The number of nitrogens with one attached hydrogen (secondary N) is 1. The van der Waals surface area contributed by atoms with E-state index >= 15 is 0 Å². The van der Waals surface area contributed by atoms with Crippen LogP contribution < -0.4 is 10.2 Å². The Morgan fingerprint density at radius 2 is 1.68 bits per heavy atom. The van der Waals surface area contributed by atoms with E-state index < -0.39 is 0 Å². The summed E-state index contributed by atoms with van der Waals surface area (Å²) in [4.78, 5) is 16.0. The first-order valence-electron chi connectivity index (χ1n) is 10.8. The number of rotatable bonds is 5. The molecular weight excluding hydrogens is 357 g/mol. The molecule has 0 radical (unpaired) electrons. The molecule has 1 N–H and O–H groups in total. The lowest BCUT2D eigenvalue weighted by molar-refractivity contribution is -0.114. The molecule has 2 heterocycles. The molecule has 1 aliphatic carbocycles. The molecule has 2 aliphatic heterocycles. The van der Waals surface area contributed by atoms with Gasteiger partial charge in [-0.15, -0.1) is 0 Å². The number of halogens is 1. The molecule has 1 saturated carbocycles. The predicted molar refractivity (Wildman–Crippen MR) is 109 cm³/mol. The summed E-state index contributed by atoms with van der Waals surface area (Å²) in [7, 11) is 0. The van der Waals surface area contributed by atoms with Gasteiger partial charge in [0.1, 0.15) is 5.82 Å². The Bertz CT molecular complexity index is 678. The van der Waals surface area contributed by atoms with Gasteiger partial charge in [0.25, 0.3) is 0 Å². The molecule has 5 nitrogen and oxygen atoms in total. The molecule has 1 amide bonds. The first-order valence-corrected chi connectivity index (χ1v) is 10.8. The number of amides is 1. The molecule has 3 fully saturated rings. The van der Waals surface area contributed by atoms with E-state index in [0.29, 0.717) is 12.2 Å². The van der Waals surface area contributed by atoms with Gasteiger partial charge in [-0.2, -0.15) is 0 Å². The number of piperidine rings is 2. The molecule has 1 aromatic carbocycles. The van der Waals surface area contributed by atoms with Crippen molar-refractivity contribution in [2.75, 3.05) is 36.4 Å². The average Bonchev–Trinajstić information content (AvgIpc) is 2.64. The van der Waals surface area contributed by atoms with Crippen molar-refractivity contribution in [1.82, 2.24) is 4.90 Å². The van der Waals surface area contributed by atoms with Gasteiger partial charge in [0.05, 0.1) is 17.9 Å². The van der Waals surface area contributed by atoms with E-state index in [9.17, 15) is 9.18 Å². The molecule has 6 heteroatoms. The van der Waals surface area contributed by atoms with Crippen molar-refractivity contribution < 1.29 is 13.9 Å². The van der Waals surface area contributed by atoms with Crippen molar-refractivity contribution in [3.8, 4) is 0 Å². The van der Waals surface area contributed by atoms with E-state index in [1.54, 1.807) is 6.07 Å². The highest BCUT2D eigenvalue weighted by molar-refractivity contribution is 5.89. The highest BCUT2D eigenvalue weighted by Crippen LogP contribution is 2.30. The number of benzene rings is 1. The second kappa shape index (κ2) is 8.78. The summed E-state index contributed by atoms with van der Waals surface area (Å²) in [5, 5.41) is 2.52. The monoisotopic (exact) mass is 389 g/mol. The van der Waals surface area contributed by atoms with Gasteiger partial charge >= 0.3 is 0 Å². The highest BCUT2D eigenvalue weighted by Gasteiger charge is 2.30. The maximum Gasteiger partial charge on any atom is 0.221 e. The van der Waals surface area contributed by atoms with Crippen LogP contribution in [0.25, 0.3) is 0 Å². The second-order valence-corrected chi connectivity index (χ2v) is 8.49. The van der Waals surface area contributed by atoms with Gasteiger partial charge in [-0.1, -0.05) is 6.42 Å². The number of ether oxygens (including phenoxy) is 1. The van der Waals surface area contributed by atoms with Crippen molar-refractivity contribution in [2.24, 2.45) is 0 Å². The molecule has 0 bridgehead atoms. The van der Waals surface area contributed by atoms with Crippen molar-refractivity contribution in [3.63, 3.8) is 0 Å². The Hall–Kier alpha value is -1.66. The Morgan fingerprint density at radius 3 is 2.21 bits per heavy atom. The zero-order chi connectivity index (χ0) is 19.5. The zero-order valence-electron chi connectivity index (χ0n) is 16.8. The average molecular weight is 390 g/mol. The summed E-state index contributed by atoms with van der Waals surface area (Å²) in [6, 6.07) is 5.89. The third-order valence-electron chi connectivity index (χ3n) is 6.52. The van der Waals surface area contributed by atoms with Crippen molar-refractivity contribution in [2.45, 2.75) is 70.1 Å². The summed E-state index contributed by atoms with van der Waals surface area (Å²) in [5.41, 5.74) is 1.11. The van der Waals surface area contributed by atoms with Gasteiger partial charge < -0.3 is 19.9 Å². The zero-order valence-corrected chi connectivity index (χ0v) is 16.8. The molecule has 1 aromatic rings. The van der Waals surface area contributed by atoms with Crippen molar-refractivity contribution >= 4 is 17.3 Å². The van der Waals surface area contributed by atoms with Gasteiger partial charge in [-0.05, 0) is 56.7 Å².